The van der Waals surface area contributed by atoms with Gasteiger partial charge in [0.2, 0.25) is 0 Å². The Morgan fingerprint density at radius 3 is 2.24 bits per heavy atom. The van der Waals surface area contributed by atoms with Crippen molar-refractivity contribution in [1.82, 2.24) is 10.3 Å². The van der Waals surface area contributed by atoms with E-state index in [1.807, 2.05) is 60.7 Å². The minimum atomic E-state index is -1.55. The van der Waals surface area contributed by atoms with E-state index in [2.05, 4.69) is 16.4 Å². The van der Waals surface area contributed by atoms with Gasteiger partial charge in [-0.1, -0.05) is 36.4 Å². The Bertz CT molecular complexity index is 1370. The molecule has 0 amide bonds. The zero-order chi connectivity index (χ0) is 27.3. The second-order valence-corrected chi connectivity index (χ2v) is 7.99. The smallest absolute Gasteiger partial charge is 0.161 e. The van der Waals surface area contributed by atoms with Crippen molar-refractivity contribution < 1.29 is 39.1 Å². The van der Waals surface area contributed by atoms with E-state index in [1.54, 1.807) is 7.11 Å². The van der Waals surface area contributed by atoms with Crippen LogP contribution in [0.4, 0.5) is 0 Å². The highest BCUT2D eigenvalue weighted by Crippen LogP contribution is 2.33. The Morgan fingerprint density at radius 2 is 1.53 bits per heavy atom. The Morgan fingerprint density at radius 1 is 0.895 bits per heavy atom. The molecule has 0 saturated heterocycles. The van der Waals surface area contributed by atoms with Crippen LogP contribution in [0.5, 0.6) is 17.2 Å². The monoisotopic (exact) mass is 520 g/mol. The molecule has 200 valence electrons. The van der Waals surface area contributed by atoms with Crippen molar-refractivity contribution in [1.29, 1.82) is 0 Å². The number of aliphatic hydroxyl groups excluding tert-OH is 1. The number of nitrogens with one attached hydrogen (secondary N) is 2. The molecule has 0 spiro atoms. The van der Waals surface area contributed by atoms with E-state index in [0.717, 1.165) is 27.6 Å². The molecule has 3 aromatic carbocycles. The standard InChI is InChI=1S/C24H26N2O4.C4H4O4/c1-28-21-10-4-5-11-22(21)29-14-13-25-15-17(27)16-30-23-12-6-9-20-24(23)18-7-2-3-8-19(18)26-20;5-3(6)1-2-4(7)8/h2-12,17,25-27H,13-16H2,1H3;1-2H,(H,5,6)(H,7,8)/p-2/b;2-1-. The molecule has 1 heterocycles. The van der Waals surface area contributed by atoms with Gasteiger partial charge in [0.05, 0.1) is 24.6 Å². The number of carboxylic acids is 2. The molecule has 0 radical (unpaired) electrons. The van der Waals surface area contributed by atoms with Gasteiger partial charge in [0, 0.05) is 29.4 Å². The molecule has 10 nitrogen and oxygen atoms in total. The lowest BCUT2D eigenvalue weighted by Gasteiger charge is -2.15. The first-order chi connectivity index (χ1) is 18.4. The maximum atomic E-state index is 10.3. The number of carbonyl (C=O) groups excluding carboxylic acids is 2. The number of ether oxygens (including phenoxy) is 3. The average molecular weight is 521 g/mol. The van der Waals surface area contributed by atoms with E-state index < -0.39 is 18.0 Å². The molecule has 0 aliphatic carbocycles. The van der Waals surface area contributed by atoms with Crippen LogP contribution in [0.1, 0.15) is 0 Å². The maximum absolute atomic E-state index is 10.3. The number of benzene rings is 3. The van der Waals surface area contributed by atoms with Gasteiger partial charge < -0.3 is 49.4 Å². The summed E-state index contributed by atoms with van der Waals surface area (Å²) in [4.78, 5) is 22.2. The second kappa shape index (κ2) is 14.3. The van der Waals surface area contributed by atoms with Crippen LogP contribution in [0.25, 0.3) is 21.8 Å². The molecule has 0 bridgehead atoms. The van der Waals surface area contributed by atoms with Crippen molar-refractivity contribution in [2.45, 2.75) is 6.10 Å². The summed E-state index contributed by atoms with van der Waals surface area (Å²) >= 11 is 0. The molecular formula is C28H28N2O8-2. The molecule has 1 atom stereocenters. The van der Waals surface area contributed by atoms with Crippen molar-refractivity contribution in [2.24, 2.45) is 0 Å². The zero-order valence-electron chi connectivity index (χ0n) is 20.7. The van der Waals surface area contributed by atoms with Crippen molar-refractivity contribution in [3.63, 3.8) is 0 Å². The molecule has 0 fully saturated rings. The largest absolute Gasteiger partial charge is 0.545 e. The molecule has 0 aliphatic heterocycles. The highest BCUT2D eigenvalue weighted by molar-refractivity contribution is 6.10. The van der Waals surface area contributed by atoms with Gasteiger partial charge in [0.15, 0.2) is 11.5 Å². The fourth-order valence-electron chi connectivity index (χ4n) is 3.61. The van der Waals surface area contributed by atoms with Crippen molar-refractivity contribution >= 4 is 33.7 Å². The number of carbonyl (C=O) groups is 2. The fraction of sp³-hybridized carbons (Fsp3) is 0.214. The number of rotatable bonds is 12. The molecule has 4 rings (SSSR count). The van der Waals surface area contributed by atoms with E-state index in [9.17, 15) is 24.9 Å². The van der Waals surface area contributed by atoms with E-state index in [-0.39, 0.29) is 6.61 Å². The van der Waals surface area contributed by atoms with Gasteiger partial charge >= 0.3 is 0 Å². The molecule has 10 heteroatoms. The minimum absolute atomic E-state index is 0.207. The van der Waals surface area contributed by atoms with E-state index in [0.29, 0.717) is 43.3 Å². The lowest BCUT2D eigenvalue weighted by Crippen LogP contribution is -2.33. The van der Waals surface area contributed by atoms with Gasteiger partial charge in [-0.15, -0.1) is 0 Å². The first-order valence-electron chi connectivity index (χ1n) is 11.8. The quantitative estimate of drug-likeness (QED) is 0.181. The van der Waals surface area contributed by atoms with E-state index in [1.165, 1.54) is 0 Å². The predicted molar refractivity (Wildman–Crippen MR) is 138 cm³/mol. The summed E-state index contributed by atoms with van der Waals surface area (Å²) in [6.07, 6.45) is 0.140. The third-order valence-corrected chi connectivity index (χ3v) is 5.26. The molecule has 0 aliphatic rings. The lowest BCUT2D eigenvalue weighted by molar-refractivity contribution is -0.301. The number of methoxy groups -OCH3 is 1. The summed E-state index contributed by atoms with van der Waals surface area (Å²) in [6, 6.07) is 21.6. The SMILES string of the molecule is COc1ccccc1OCCNCC(O)COc1cccc2[nH]c3ccccc3c12.O=C([O-])/C=C\C(=O)[O-]. The average Bonchev–Trinajstić information content (AvgIpc) is 3.30. The molecule has 1 aromatic heterocycles. The van der Waals surface area contributed by atoms with Crippen LogP contribution < -0.4 is 29.7 Å². The van der Waals surface area contributed by atoms with Crippen LogP contribution in [0.3, 0.4) is 0 Å². The minimum Gasteiger partial charge on any atom is -0.545 e. The predicted octanol–water partition coefficient (Wildman–Crippen LogP) is 0.780. The normalized spacial score (nSPS) is 11.6. The highest BCUT2D eigenvalue weighted by Gasteiger charge is 2.11. The number of para-hydroxylation sites is 3. The summed E-state index contributed by atoms with van der Waals surface area (Å²) in [6.45, 7) is 1.70. The van der Waals surface area contributed by atoms with Crippen LogP contribution in [0.2, 0.25) is 0 Å². The number of carboxylic acid groups (broad SMARTS) is 2. The number of aliphatic carboxylic acids is 2. The number of fused-ring (bicyclic) bond motifs is 3. The first-order valence-corrected chi connectivity index (χ1v) is 11.8. The Labute approximate surface area is 219 Å². The van der Waals surface area contributed by atoms with Gasteiger partial charge in [-0.2, -0.15) is 0 Å². The highest BCUT2D eigenvalue weighted by atomic mass is 16.5. The lowest BCUT2D eigenvalue weighted by atomic mass is 10.1. The molecule has 1 unspecified atom stereocenters. The zero-order valence-corrected chi connectivity index (χ0v) is 20.7. The van der Waals surface area contributed by atoms with Gasteiger partial charge in [-0.05, 0) is 42.5 Å². The molecular weight excluding hydrogens is 492 g/mol. The van der Waals surface area contributed by atoms with Crippen LogP contribution in [0, 0.1) is 0 Å². The number of aromatic nitrogens is 1. The number of hydrogen-bond acceptors (Lipinski definition) is 9. The van der Waals surface area contributed by atoms with Crippen LogP contribution in [-0.2, 0) is 9.59 Å². The van der Waals surface area contributed by atoms with Gasteiger partial charge in [-0.3, -0.25) is 0 Å². The molecule has 4 aromatic rings. The van der Waals surface area contributed by atoms with Crippen molar-refractivity contribution in [2.75, 3.05) is 33.4 Å². The Kier molecular flexibility index (Phi) is 10.5. The molecule has 38 heavy (non-hydrogen) atoms. The topological polar surface area (TPSA) is 156 Å². The maximum Gasteiger partial charge on any atom is 0.161 e. The number of H-pyrrole nitrogens is 1. The van der Waals surface area contributed by atoms with E-state index in [4.69, 9.17) is 14.2 Å². The first kappa shape index (κ1) is 28.0. The summed E-state index contributed by atoms with van der Waals surface area (Å²) in [5, 5.41) is 34.5. The van der Waals surface area contributed by atoms with E-state index >= 15 is 0 Å². The second-order valence-electron chi connectivity index (χ2n) is 7.99. The summed E-state index contributed by atoms with van der Waals surface area (Å²) in [5.74, 6) is -0.915. The number of aliphatic hydroxyl groups is 1. The van der Waals surface area contributed by atoms with Crippen molar-refractivity contribution in [3.05, 3.63) is 78.9 Å². The van der Waals surface area contributed by atoms with Gasteiger partial charge in [0.1, 0.15) is 25.1 Å². The Hall–Kier alpha value is -4.54. The van der Waals surface area contributed by atoms with Gasteiger partial charge in [0.25, 0.3) is 0 Å². The molecule has 0 saturated carbocycles. The third kappa shape index (κ3) is 8.26. The fourth-order valence-corrected chi connectivity index (χ4v) is 3.61. The summed E-state index contributed by atoms with van der Waals surface area (Å²) in [7, 11) is 1.62. The van der Waals surface area contributed by atoms with Crippen molar-refractivity contribution in [3.8, 4) is 17.2 Å². The Balaban J connectivity index is 0.000000436. The van der Waals surface area contributed by atoms with Gasteiger partial charge in [-0.25, -0.2) is 0 Å². The van der Waals surface area contributed by atoms with Crippen LogP contribution >= 0.6 is 0 Å². The number of hydrogen-bond donors (Lipinski definition) is 3. The summed E-state index contributed by atoms with van der Waals surface area (Å²) < 4.78 is 16.9. The van der Waals surface area contributed by atoms with Crippen LogP contribution in [-0.4, -0.2) is 61.5 Å². The molecule has 3 N–H and O–H groups in total. The number of aromatic amines is 1. The third-order valence-electron chi connectivity index (χ3n) is 5.26. The van der Waals surface area contributed by atoms with Crippen LogP contribution in [0.15, 0.2) is 78.9 Å². The summed E-state index contributed by atoms with van der Waals surface area (Å²) in [5.41, 5.74) is 2.09.